The number of aryl methyl sites for hydroxylation is 2. The number of carboxylic acids is 2. The van der Waals surface area contributed by atoms with Crippen LogP contribution in [0.3, 0.4) is 0 Å². The molecule has 4 rings (SSSR count). The first-order valence-corrected chi connectivity index (χ1v) is 14.0. The van der Waals surface area contributed by atoms with Crippen molar-refractivity contribution in [3.8, 4) is 11.5 Å². The van der Waals surface area contributed by atoms with Crippen molar-refractivity contribution in [1.82, 2.24) is 4.57 Å². The van der Waals surface area contributed by atoms with E-state index in [2.05, 4.69) is 0 Å². The largest absolute Gasteiger partial charge is 0.494 e. The molecule has 4 aromatic rings. The second-order valence-electron chi connectivity index (χ2n) is 9.85. The van der Waals surface area contributed by atoms with Gasteiger partial charge in [-0.1, -0.05) is 60.2 Å². The molecule has 2 N–H and O–H groups in total. The third kappa shape index (κ3) is 8.38. The van der Waals surface area contributed by atoms with Gasteiger partial charge in [-0.2, -0.15) is 0 Å². The van der Waals surface area contributed by atoms with E-state index in [9.17, 15) is 14.7 Å². The standard InChI is InChI=1S/C33H34ClNO6/c1-23-7-4-9-28(34)33(23)41-20-3-2-19-40-27-16-13-24(14-17-27)12-15-25-8-5-10-29-32(25)26(21-31(38)39)22-35(29)18-6-11-30(36)37/h4-5,7-10,12-17,22H,2-3,6,11,18-21H2,1H3,(H,36,37)(H,38,39)/b15-12+. The number of ether oxygens (including phenoxy) is 2. The van der Waals surface area contributed by atoms with Crippen molar-refractivity contribution in [2.45, 2.75) is 45.6 Å². The molecular formula is C33H34ClNO6. The first-order valence-electron chi connectivity index (χ1n) is 13.6. The van der Waals surface area contributed by atoms with Gasteiger partial charge in [0.05, 0.1) is 24.7 Å². The summed E-state index contributed by atoms with van der Waals surface area (Å²) in [4.78, 5) is 22.5. The SMILES string of the molecule is Cc1cccc(Cl)c1OCCCCOc1ccc(/C=C/c2cccc3c2c(CC(=O)O)cn3CCCC(=O)O)cc1. The van der Waals surface area contributed by atoms with Crippen LogP contribution >= 0.6 is 11.6 Å². The quantitative estimate of drug-likeness (QED) is 0.112. The number of hydrogen-bond donors (Lipinski definition) is 2. The lowest BCUT2D eigenvalue weighted by Crippen LogP contribution is -2.03. The van der Waals surface area contributed by atoms with Crippen molar-refractivity contribution < 1.29 is 29.3 Å². The van der Waals surface area contributed by atoms with Gasteiger partial charge in [0.25, 0.3) is 0 Å². The summed E-state index contributed by atoms with van der Waals surface area (Å²) in [6, 6.07) is 19.3. The lowest BCUT2D eigenvalue weighted by molar-refractivity contribution is -0.137. The first-order chi connectivity index (χ1) is 19.8. The highest BCUT2D eigenvalue weighted by atomic mass is 35.5. The Labute approximate surface area is 244 Å². The Morgan fingerprint density at radius 2 is 1.61 bits per heavy atom. The van der Waals surface area contributed by atoms with Crippen LogP contribution in [0, 0.1) is 6.92 Å². The highest BCUT2D eigenvalue weighted by Gasteiger charge is 2.14. The second kappa shape index (κ2) is 14.4. The van der Waals surface area contributed by atoms with E-state index in [1.165, 1.54) is 0 Å². The van der Waals surface area contributed by atoms with Crippen molar-refractivity contribution in [2.24, 2.45) is 0 Å². The number of aromatic nitrogens is 1. The van der Waals surface area contributed by atoms with Crippen molar-refractivity contribution >= 4 is 46.6 Å². The minimum absolute atomic E-state index is 0.0605. The smallest absolute Gasteiger partial charge is 0.307 e. The molecule has 0 radical (unpaired) electrons. The van der Waals surface area contributed by atoms with Gasteiger partial charge < -0.3 is 24.3 Å². The summed E-state index contributed by atoms with van der Waals surface area (Å²) in [5.74, 6) is -0.232. The van der Waals surface area contributed by atoms with Crippen molar-refractivity contribution in [3.63, 3.8) is 0 Å². The molecule has 3 aromatic carbocycles. The number of unbranched alkanes of at least 4 members (excludes halogenated alkanes) is 1. The molecule has 0 atom stereocenters. The fraction of sp³-hybridized carbons (Fsp3) is 0.273. The Bertz CT molecular complexity index is 1500. The number of benzene rings is 3. The summed E-state index contributed by atoms with van der Waals surface area (Å²) in [6.07, 6.45) is 7.91. The van der Waals surface area contributed by atoms with Gasteiger partial charge in [-0.15, -0.1) is 0 Å². The molecule has 0 aliphatic carbocycles. The number of aliphatic carboxylic acids is 2. The monoisotopic (exact) mass is 575 g/mol. The molecule has 0 amide bonds. The van der Waals surface area contributed by atoms with Crippen LogP contribution in [0.1, 0.15) is 47.9 Å². The van der Waals surface area contributed by atoms with Crippen LogP contribution in [0.5, 0.6) is 11.5 Å². The van der Waals surface area contributed by atoms with Crippen molar-refractivity contribution in [1.29, 1.82) is 0 Å². The van der Waals surface area contributed by atoms with Crippen LogP contribution in [0.15, 0.2) is 66.9 Å². The highest BCUT2D eigenvalue weighted by molar-refractivity contribution is 6.32. The maximum atomic E-state index is 11.5. The van der Waals surface area contributed by atoms with E-state index in [-0.39, 0.29) is 12.8 Å². The van der Waals surface area contributed by atoms with Gasteiger partial charge in [0.15, 0.2) is 0 Å². The Kier molecular flexibility index (Phi) is 10.5. The zero-order chi connectivity index (χ0) is 29.2. The Balaban J connectivity index is 1.34. The van der Waals surface area contributed by atoms with E-state index >= 15 is 0 Å². The third-order valence-corrected chi connectivity index (χ3v) is 7.00. The summed E-state index contributed by atoms with van der Waals surface area (Å²) >= 11 is 6.20. The van der Waals surface area contributed by atoms with Gasteiger partial charge in [0.1, 0.15) is 11.5 Å². The fourth-order valence-electron chi connectivity index (χ4n) is 4.72. The minimum atomic E-state index is -0.910. The summed E-state index contributed by atoms with van der Waals surface area (Å²) < 4.78 is 13.7. The molecule has 0 aliphatic heterocycles. The Morgan fingerprint density at radius 1 is 0.878 bits per heavy atom. The van der Waals surface area contributed by atoms with Crippen LogP contribution in [0.4, 0.5) is 0 Å². The topological polar surface area (TPSA) is 98.0 Å². The van der Waals surface area contributed by atoms with E-state index in [0.717, 1.165) is 51.9 Å². The van der Waals surface area contributed by atoms with E-state index < -0.39 is 11.9 Å². The summed E-state index contributed by atoms with van der Waals surface area (Å²) in [6.45, 7) is 3.64. The predicted octanol–water partition coefficient (Wildman–Crippen LogP) is 7.50. The van der Waals surface area contributed by atoms with Gasteiger partial charge in [0.2, 0.25) is 0 Å². The molecule has 8 heteroatoms. The molecule has 0 aliphatic rings. The predicted molar refractivity (Wildman–Crippen MR) is 162 cm³/mol. The molecule has 0 saturated heterocycles. The number of fused-ring (bicyclic) bond motifs is 1. The highest BCUT2D eigenvalue weighted by Crippen LogP contribution is 2.29. The number of halogens is 1. The van der Waals surface area contributed by atoms with E-state index in [4.69, 9.17) is 26.2 Å². The maximum Gasteiger partial charge on any atom is 0.307 e. The van der Waals surface area contributed by atoms with E-state index in [1.807, 2.05) is 90.5 Å². The average Bonchev–Trinajstić information content (AvgIpc) is 3.28. The zero-order valence-electron chi connectivity index (χ0n) is 23.0. The average molecular weight is 576 g/mol. The van der Waals surface area contributed by atoms with Crippen LogP contribution in [0.25, 0.3) is 23.1 Å². The van der Waals surface area contributed by atoms with Crippen LogP contribution in [0.2, 0.25) is 5.02 Å². The number of rotatable bonds is 15. The van der Waals surface area contributed by atoms with Gasteiger partial charge in [0, 0.05) is 30.1 Å². The molecule has 1 aromatic heterocycles. The normalized spacial score (nSPS) is 11.3. The summed E-state index contributed by atoms with van der Waals surface area (Å²) in [5, 5.41) is 19.9. The van der Waals surface area contributed by atoms with Crippen LogP contribution < -0.4 is 9.47 Å². The lowest BCUT2D eigenvalue weighted by atomic mass is 10.0. The molecule has 0 unspecified atom stereocenters. The molecule has 0 saturated carbocycles. The number of nitrogens with zero attached hydrogens (tertiary/aromatic N) is 1. The summed E-state index contributed by atoms with van der Waals surface area (Å²) in [7, 11) is 0. The maximum absolute atomic E-state index is 11.5. The van der Waals surface area contributed by atoms with Crippen LogP contribution in [-0.4, -0.2) is 39.9 Å². The van der Waals surface area contributed by atoms with Crippen LogP contribution in [-0.2, 0) is 22.6 Å². The van der Waals surface area contributed by atoms with Gasteiger partial charge in [-0.3, -0.25) is 9.59 Å². The molecule has 0 bridgehead atoms. The molecule has 0 spiro atoms. The fourth-order valence-corrected chi connectivity index (χ4v) is 5.00. The lowest BCUT2D eigenvalue weighted by Gasteiger charge is -2.11. The Hall–Kier alpha value is -4.23. The van der Waals surface area contributed by atoms with E-state index in [0.29, 0.717) is 36.8 Å². The van der Waals surface area contributed by atoms with Gasteiger partial charge in [-0.25, -0.2) is 0 Å². The number of carbonyl (C=O) groups is 2. The van der Waals surface area contributed by atoms with Crippen molar-refractivity contribution in [2.75, 3.05) is 13.2 Å². The molecule has 214 valence electrons. The second-order valence-corrected chi connectivity index (χ2v) is 10.3. The van der Waals surface area contributed by atoms with Crippen molar-refractivity contribution in [3.05, 3.63) is 94.1 Å². The summed E-state index contributed by atoms with van der Waals surface area (Å²) in [5.41, 5.74) is 4.51. The first kappa shape index (κ1) is 29.7. The van der Waals surface area contributed by atoms with Gasteiger partial charge in [-0.05, 0) is 72.7 Å². The van der Waals surface area contributed by atoms with E-state index in [1.54, 1.807) is 0 Å². The number of carboxylic acid groups (broad SMARTS) is 2. The number of hydrogen-bond acceptors (Lipinski definition) is 4. The zero-order valence-corrected chi connectivity index (χ0v) is 23.8. The Morgan fingerprint density at radius 3 is 2.32 bits per heavy atom. The molecule has 0 fully saturated rings. The third-order valence-electron chi connectivity index (χ3n) is 6.70. The van der Waals surface area contributed by atoms with Gasteiger partial charge >= 0.3 is 11.9 Å². The number of para-hydroxylation sites is 1. The molecule has 7 nitrogen and oxygen atoms in total. The molecule has 41 heavy (non-hydrogen) atoms. The molecular weight excluding hydrogens is 542 g/mol. The minimum Gasteiger partial charge on any atom is -0.494 e. The molecule has 1 heterocycles.